The van der Waals surface area contributed by atoms with E-state index in [0.717, 1.165) is 19.3 Å². The van der Waals surface area contributed by atoms with Crippen LogP contribution >= 0.6 is 0 Å². The van der Waals surface area contributed by atoms with Crippen molar-refractivity contribution in [3.63, 3.8) is 0 Å². The number of carbonyl (C=O) groups excluding carboxylic acids is 1. The standard InChI is InChI=1S/C13H24N2O4/c1-3-14(10(2)8-12(17)18)13(19)15-7-5-4-6-11(15)9-16/h10-11,16H,3-9H2,1-2H3,(H,17,18). The average Bonchev–Trinajstić information content (AvgIpc) is 2.38. The van der Waals surface area contributed by atoms with Gasteiger partial charge in [0.1, 0.15) is 0 Å². The van der Waals surface area contributed by atoms with E-state index in [2.05, 4.69) is 0 Å². The predicted octanol–water partition coefficient (Wildman–Crippen LogP) is 1.14. The van der Waals surface area contributed by atoms with Crippen LogP contribution in [-0.4, -0.2) is 63.8 Å². The summed E-state index contributed by atoms with van der Waals surface area (Å²) in [7, 11) is 0. The minimum Gasteiger partial charge on any atom is -0.481 e. The summed E-state index contributed by atoms with van der Waals surface area (Å²) in [5, 5.41) is 18.2. The van der Waals surface area contributed by atoms with E-state index in [1.54, 1.807) is 16.7 Å². The van der Waals surface area contributed by atoms with E-state index in [-0.39, 0.29) is 31.1 Å². The number of piperidine rings is 1. The lowest BCUT2D eigenvalue weighted by Crippen LogP contribution is -2.54. The van der Waals surface area contributed by atoms with Gasteiger partial charge in [-0.3, -0.25) is 4.79 Å². The molecule has 0 bridgehead atoms. The molecule has 0 radical (unpaired) electrons. The highest BCUT2D eigenvalue weighted by atomic mass is 16.4. The lowest BCUT2D eigenvalue weighted by molar-refractivity contribution is -0.138. The molecule has 0 aromatic rings. The number of carboxylic acids is 1. The number of hydrogen-bond acceptors (Lipinski definition) is 3. The fraction of sp³-hybridized carbons (Fsp3) is 0.846. The van der Waals surface area contributed by atoms with Gasteiger partial charge in [0.25, 0.3) is 0 Å². The zero-order valence-electron chi connectivity index (χ0n) is 11.7. The van der Waals surface area contributed by atoms with E-state index in [4.69, 9.17) is 5.11 Å². The summed E-state index contributed by atoms with van der Waals surface area (Å²) in [5.41, 5.74) is 0. The van der Waals surface area contributed by atoms with Gasteiger partial charge in [0.15, 0.2) is 0 Å². The second kappa shape index (κ2) is 7.33. The van der Waals surface area contributed by atoms with Gasteiger partial charge in [-0.1, -0.05) is 0 Å². The summed E-state index contributed by atoms with van der Waals surface area (Å²) in [6.45, 7) is 4.67. The molecule has 2 amide bonds. The maximum Gasteiger partial charge on any atom is 0.320 e. The molecular formula is C13H24N2O4. The lowest BCUT2D eigenvalue weighted by Gasteiger charge is -2.39. The number of rotatable bonds is 5. The van der Waals surface area contributed by atoms with Gasteiger partial charge in [0.2, 0.25) is 0 Å². The average molecular weight is 272 g/mol. The summed E-state index contributed by atoms with van der Waals surface area (Å²) in [6.07, 6.45) is 2.71. The Morgan fingerprint density at radius 2 is 2.11 bits per heavy atom. The molecule has 2 unspecified atom stereocenters. The first-order chi connectivity index (χ1) is 9.01. The first kappa shape index (κ1) is 15.8. The molecule has 0 aromatic carbocycles. The Balaban J connectivity index is 2.73. The van der Waals surface area contributed by atoms with Crippen LogP contribution in [0.15, 0.2) is 0 Å². The molecule has 1 fully saturated rings. The minimum absolute atomic E-state index is 0.0311. The van der Waals surface area contributed by atoms with Gasteiger partial charge in [-0.15, -0.1) is 0 Å². The van der Waals surface area contributed by atoms with Crippen LogP contribution in [0.2, 0.25) is 0 Å². The van der Waals surface area contributed by atoms with Crippen molar-refractivity contribution in [1.29, 1.82) is 0 Å². The van der Waals surface area contributed by atoms with Crippen molar-refractivity contribution in [2.24, 2.45) is 0 Å². The minimum atomic E-state index is -0.906. The Morgan fingerprint density at radius 3 is 2.63 bits per heavy atom. The van der Waals surface area contributed by atoms with Gasteiger partial charge in [0, 0.05) is 19.1 Å². The van der Waals surface area contributed by atoms with Gasteiger partial charge in [-0.2, -0.15) is 0 Å². The highest BCUT2D eigenvalue weighted by Crippen LogP contribution is 2.19. The van der Waals surface area contributed by atoms with Gasteiger partial charge in [0.05, 0.1) is 19.1 Å². The van der Waals surface area contributed by atoms with Crippen molar-refractivity contribution in [1.82, 2.24) is 9.80 Å². The Hall–Kier alpha value is -1.30. The number of aliphatic hydroxyl groups excluding tert-OH is 1. The first-order valence-electron chi connectivity index (χ1n) is 6.91. The summed E-state index contributed by atoms with van der Waals surface area (Å²) < 4.78 is 0. The smallest absolute Gasteiger partial charge is 0.320 e. The molecular weight excluding hydrogens is 248 g/mol. The van der Waals surface area contributed by atoms with Crippen LogP contribution in [0.1, 0.15) is 39.5 Å². The number of likely N-dealkylation sites (tertiary alicyclic amines) is 1. The SMILES string of the molecule is CCN(C(=O)N1CCCCC1CO)C(C)CC(=O)O. The molecule has 0 aliphatic carbocycles. The molecule has 0 aromatic heterocycles. The molecule has 6 heteroatoms. The van der Waals surface area contributed by atoms with Crippen molar-refractivity contribution in [2.45, 2.75) is 51.6 Å². The fourth-order valence-corrected chi connectivity index (χ4v) is 2.61. The quantitative estimate of drug-likeness (QED) is 0.786. The van der Waals surface area contributed by atoms with Crippen LogP contribution in [0.4, 0.5) is 4.79 Å². The number of hydrogen-bond donors (Lipinski definition) is 2. The highest BCUT2D eigenvalue weighted by molar-refractivity contribution is 5.76. The van der Waals surface area contributed by atoms with E-state index in [0.29, 0.717) is 13.1 Å². The number of carbonyl (C=O) groups is 2. The third-order valence-corrected chi connectivity index (χ3v) is 3.67. The molecule has 1 aliphatic heterocycles. The van der Waals surface area contributed by atoms with Crippen LogP contribution < -0.4 is 0 Å². The van der Waals surface area contributed by atoms with Gasteiger partial charge in [-0.05, 0) is 33.1 Å². The molecule has 1 saturated heterocycles. The largest absolute Gasteiger partial charge is 0.481 e. The van der Waals surface area contributed by atoms with Gasteiger partial charge < -0.3 is 20.0 Å². The molecule has 0 saturated carbocycles. The summed E-state index contributed by atoms with van der Waals surface area (Å²) >= 11 is 0. The van der Waals surface area contributed by atoms with E-state index < -0.39 is 5.97 Å². The Bertz CT molecular complexity index is 322. The predicted molar refractivity (Wildman–Crippen MR) is 70.9 cm³/mol. The monoisotopic (exact) mass is 272 g/mol. The molecule has 2 N–H and O–H groups in total. The van der Waals surface area contributed by atoms with Crippen LogP contribution in [0.3, 0.4) is 0 Å². The van der Waals surface area contributed by atoms with E-state index in [9.17, 15) is 14.7 Å². The third kappa shape index (κ3) is 4.09. The lowest BCUT2D eigenvalue weighted by atomic mass is 10.0. The number of nitrogens with zero attached hydrogens (tertiary/aromatic N) is 2. The van der Waals surface area contributed by atoms with Crippen molar-refractivity contribution >= 4 is 12.0 Å². The number of carboxylic acid groups (broad SMARTS) is 1. The number of amides is 2. The van der Waals surface area contributed by atoms with E-state index in [1.807, 2.05) is 6.92 Å². The second-order valence-electron chi connectivity index (χ2n) is 5.04. The number of urea groups is 1. The van der Waals surface area contributed by atoms with E-state index in [1.165, 1.54) is 0 Å². The number of aliphatic carboxylic acids is 1. The van der Waals surface area contributed by atoms with Crippen LogP contribution in [-0.2, 0) is 4.79 Å². The molecule has 1 heterocycles. The van der Waals surface area contributed by atoms with Crippen LogP contribution in [0.5, 0.6) is 0 Å². The Kier molecular flexibility index (Phi) is 6.08. The van der Waals surface area contributed by atoms with E-state index >= 15 is 0 Å². The topological polar surface area (TPSA) is 81.1 Å². The fourth-order valence-electron chi connectivity index (χ4n) is 2.61. The van der Waals surface area contributed by atoms with Gasteiger partial charge in [-0.25, -0.2) is 4.79 Å². The normalized spacial score (nSPS) is 21.0. The summed E-state index contributed by atoms with van der Waals surface area (Å²) in [5.74, 6) is -0.906. The highest BCUT2D eigenvalue weighted by Gasteiger charge is 2.31. The Morgan fingerprint density at radius 1 is 1.42 bits per heavy atom. The summed E-state index contributed by atoms with van der Waals surface area (Å²) in [6, 6.07) is -0.626. The molecule has 19 heavy (non-hydrogen) atoms. The first-order valence-corrected chi connectivity index (χ1v) is 6.91. The molecule has 6 nitrogen and oxygen atoms in total. The third-order valence-electron chi connectivity index (χ3n) is 3.67. The second-order valence-corrected chi connectivity index (χ2v) is 5.04. The molecule has 1 aliphatic rings. The van der Waals surface area contributed by atoms with Crippen molar-refractivity contribution < 1.29 is 19.8 Å². The molecule has 1 rings (SSSR count). The molecule has 2 atom stereocenters. The molecule has 0 spiro atoms. The van der Waals surface area contributed by atoms with Gasteiger partial charge >= 0.3 is 12.0 Å². The zero-order chi connectivity index (χ0) is 14.4. The Labute approximate surface area is 114 Å². The number of aliphatic hydroxyl groups is 1. The van der Waals surface area contributed by atoms with Crippen molar-refractivity contribution in [2.75, 3.05) is 19.7 Å². The molecule has 110 valence electrons. The summed E-state index contributed by atoms with van der Waals surface area (Å²) in [4.78, 5) is 26.5. The van der Waals surface area contributed by atoms with Crippen molar-refractivity contribution in [3.8, 4) is 0 Å². The van der Waals surface area contributed by atoms with Crippen LogP contribution in [0.25, 0.3) is 0 Å². The zero-order valence-corrected chi connectivity index (χ0v) is 11.7. The van der Waals surface area contributed by atoms with Crippen molar-refractivity contribution in [3.05, 3.63) is 0 Å². The maximum absolute atomic E-state index is 12.5. The maximum atomic E-state index is 12.5. The van der Waals surface area contributed by atoms with Crippen LogP contribution in [0, 0.1) is 0 Å².